The van der Waals surface area contributed by atoms with Gasteiger partial charge < -0.3 is 14.2 Å². The summed E-state index contributed by atoms with van der Waals surface area (Å²) in [6.07, 6.45) is 0. The lowest BCUT2D eigenvalue weighted by molar-refractivity contribution is -0.131. The predicted octanol–water partition coefficient (Wildman–Crippen LogP) is 2.12. The molecule has 2 N–H and O–H groups in total. The summed E-state index contributed by atoms with van der Waals surface area (Å²) < 4.78 is 15.4. The highest BCUT2D eigenvalue weighted by Gasteiger charge is 2.11. The molecule has 0 aliphatic carbocycles. The Morgan fingerprint density at radius 2 is 1.36 bits per heavy atom. The van der Waals surface area contributed by atoms with Crippen LogP contribution in [0.3, 0.4) is 0 Å². The van der Waals surface area contributed by atoms with Crippen molar-refractivity contribution in [2.24, 2.45) is 0 Å². The Labute approximate surface area is 166 Å². The molecule has 0 unspecified atom stereocenters. The number of hydrazine groups is 1. The topological polar surface area (TPSA) is 103 Å². The van der Waals surface area contributed by atoms with E-state index in [2.05, 4.69) is 10.9 Å². The first kappa shape index (κ1) is 21.0. The second kappa shape index (κ2) is 10.8. The molecule has 0 spiro atoms. The molecule has 2 aromatic rings. The van der Waals surface area contributed by atoms with E-state index in [1.54, 1.807) is 36.4 Å². The molecule has 2 aromatic carbocycles. The average molecular weight is 407 g/mol. The molecular weight excluding hydrogens is 388 g/mol. The summed E-state index contributed by atoms with van der Waals surface area (Å²) in [7, 11) is 0. The summed E-state index contributed by atoms with van der Waals surface area (Å²) in [5.74, 6) is -0.869. The van der Waals surface area contributed by atoms with Crippen molar-refractivity contribution in [2.75, 3.05) is 19.8 Å². The summed E-state index contributed by atoms with van der Waals surface area (Å²) in [6.45, 7) is 1.50. The van der Waals surface area contributed by atoms with Crippen LogP contribution in [0.2, 0.25) is 5.02 Å². The summed E-state index contributed by atoms with van der Waals surface area (Å²) in [5, 5.41) is 0.545. The second-order valence-corrected chi connectivity index (χ2v) is 5.81. The largest absolute Gasteiger partial charge is 0.494 e. The number of nitrogens with one attached hydrogen (secondary N) is 2. The molecule has 0 fully saturated rings. The lowest BCUT2D eigenvalue weighted by Gasteiger charge is -2.09. The number of rotatable bonds is 8. The smallest absolute Gasteiger partial charge is 0.338 e. The minimum atomic E-state index is -0.695. The lowest BCUT2D eigenvalue weighted by Crippen LogP contribution is -2.45. The molecule has 0 saturated heterocycles. The van der Waals surface area contributed by atoms with Crippen LogP contribution in [-0.4, -0.2) is 37.6 Å². The van der Waals surface area contributed by atoms with Crippen molar-refractivity contribution in [2.45, 2.75) is 6.92 Å². The van der Waals surface area contributed by atoms with E-state index in [9.17, 15) is 14.4 Å². The van der Waals surface area contributed by atoms with Crippen LogP contribution >= 0.6 is 11.6 Å². The van der Waals surface area contributed by atoms with Gasteiger partial charge in [0.25, 0.3) is 11.8 Å². The van der Waals surface area contributed by atoms with Gasteiger partial charge in [-0.15, -0.1) is 0 Å². The van der Waals surface area contributed by atoms with E-state index in [1.807, 2.05) is 6.92 Å². The lowest BCUT2D eigenvalue weighted by atomic mass is 10.2. The number of benzene rings is 2. The third-order valence-corrected chi connectivity index (χ3v) is 3.51. The fourth-order valence-electron chi connectivity index (χ4n) is 1.96. The van der Waals surface area contributed by atoms with Gasteiger partial charge in [-0.2, -0.15) is 0 Å². The molecule has 8 nitrogen and oxygen atoms in total. The third-order valence-electron chi connectivity index (χ3n) is 3.26. The molecule has 0 aromatic heterocycles. The first-order valence-electron chi connectivity index (χ1n) is 8.34. The molecule has 0 bridgehead atoms. The highest BCUT2D eigenvalue weighted by Crippen LogP contribution is 2.15. The Morgan fingerprint density at radius 1 is 0.821 bits per heavy atom. The van der Waals surface area contributed by atoms with Gasteiger partial charge in [-0.1, -0.05) is 11.6 Å². The van der Waals surface area contributed by atoms with Crippen LogP contribution in [-0.2, 0) is 14.3 Å². The van der Waals surface area contributed by atoms with Crippen molar-refractivity contribution in [3.8, 4) is 11.5 Å². The van der Waals surface area contributed by atoms with Crippen molar-refractivity contribution in [3.63, 3.8) is 0 Å². The number of amides is 2. The Balaban J connectivity index is 1.66. The van der Waals surface area contributed by atoms with Gasteiger partial charge in [0, 0.05) is 5.02 Å². The monoisotopic (exact) mass is 406 g/mol. The molecule has 0 heterocycles. The van der Waals surface area contributed by atoms with Crippen LogP contribution in [0.4, 0.5) is 0 Å². The van der Waals surface area contributed by atoms with Gasteiger partial charge in [-0.05, 0) is 55.5 Å². The van der Waals surface area contributed by atoms with Crippen LogP contribution in [0.5, 0.6) is 11.5 Å². The van der Waals surface area contributed by atoms with Gasteiger partial charge in [0.1, 0.15) is 11.5 Å². The SMILES string of the molecule is CCOc1ccc(C(=O)OCC(=O)NNC(=O)COc2ccc(Cl)cc2)cc1. The highest BCUT2D eigenvalue weighted by molar-refractivity contribution is 6.30. The maximum atomic E-state index is 11.9. The van der Waals surface area contributed by atoms with Crippen molar-refractivity contribution < 1.29 is 28.6 Å². The summed E-state index contributed by atoms with van der Waals surface area (Å²) in [6, 6.07) is 12.8. The Bertz CT molecular complexity index is 808. The van der Waals surface area contributed by atoms with E-state index in [0.29, 0.717) is 23.1 Å². The number of halogens is 1. The van der Waals surface area contributed by atoms with Gasteiger partial charge >= 0.3 is 5.97 Å². The number of esters is 1. The maximum Gasteiger partial charge on any atom is 0.338 e. The molecule has 0 atom stereocenters. The first-order chi connectivity index (χ1) is 13.5. The third kappa shape index (κ3) is 7.16. The molecule has 0 aliphatic rings. The quantitative estimate of drug-likeness (QED) is 0.514. The van der Waals surface area contributed by atoms with E-state index in [0.717, 1.165) is 0 Å². The van der Waals surface area contributed by atoms with Crippen LogP contribution in [0.15, 0.2) is 48.5 Å². The molecule has 0 aliphatic heterocycles. The standard InChI is InChI=1S/C19H19ClN2O6/c1-2-26-15-7-3-13(4-8-15)19(25)28-12-18(24)22-21-17(23)11-27-16-9-5-14(20)6-10-16/h3-10H,2,11-12H2,1H3,(H,21,23)(H,22,24). The zero-order chi connectivity index (χ0) is 20.4. The molecule has 28 heavy (non-hydrogen) atoms. The molecule has 0 radical (unpaired) electrons. The van der Waals surface area contributed by atoms with Crippen LogP contribution in [0.25, 0.3) is 0 Å². The van der Waals surface area contributed by atoms with Gasteiger partial charge in [0.05, 0.1) is 12.2 Å². The molecule has 148 valence electrons. The zero-order valence-corrected chi connectivity index (χ0v) is 15.8. The number of hydrogen-bond acceptors (Lipinski definition) is 6. The van der Waals surface area contributed by atoms with E-state index < -0.39 is 24.4 Å². The Kier molecular flexibility index (Phi) is 8.11. The normalized spacial score (nSPS) is 9.93. The van der Waals surface area contributed by atoms with Gasteiger partial charge in [-0.3, -0.25) is 20.4 Å². The van der Waals surface area contributed by atoms with E-state index >= 15 is 0 Å². The zero-order valence-electron chi connectivity index (χ0n) is 15.1. The fraction of sp³-hybridized carbons (Fsp3) is 0.211. The summed E-state index contributed by atoms with van der Waals surface area (Å²) >= 11 is 5.75. The van der Waals surface area contributed by atoms with Gasteiger partial charge in [-0.25, -0.2) is 4.79 Å². The van der Waals surface area contributed by atoms with Crippen molar-refractivity contribution in [1.29, 1.82) is 0 Å². The van der Waals surface area contributed by atoms with E-state index in [1.165, 1.54) is 12.1 Å². The predicted molar refractivity (Wildman–Crippen MR) is 101 cm³/mol. The number of hydrogen-bond donors (Lipinski definition) is 2. The minimum Gasteiger partial charge on any atom is -0.494 e. The van der Waals surface area contributed by atoms with Crippen molar-refractivity contribution in [3.05, 3.63) is 59.1 Å². The maximum absolute atomic E-state index is 11.9. The molecule has 0 saturated carbocycles. The second-order valence-electron chi connectivity index (χ2n) is 5.37. The Morgan fingerprint density at radius 3 is 1.96 bits per heavy atom. The molecule has 2 amide bonds. The first-order valence-corrected chi connectivity index (χ1v) is 8.71. The van der Waals surface area contributed by atoms with Gasteiger partial charge in [0.2, 0.25) is 0 Å². The van der Waals surface area contributed by atoms with Crippen LogP contribution in [0, 0.1) is 0 Å². The number of carbonyl (C=O) groups is 3. The van der Waals surface area contributed by atoms with Crippen molar-refractivity contribution in [1.82, 2.24) is 10.9 Å². The highest BCUT2D eigenvalue weighted by atomic mass is 35.5. The van der Waals surface area contributed by atoms with Crippen LogP contribution < -0.4 is 20.3 Å². The summed E-state index contributed by atoms with van der Waals surface area (Å²) in [5.41, 5.74) is 4.55. The van der Waals surface area contributed by atoms with Crippen LogP contribution in [0.1, 0.15) is 17.3 Å². The van der Waals surface area contributed by atoms with Gasteiger partial charge in [0.15, 0.2) is 13.2 Å². The molecular formula is C19H19ClN2O6. The van der Waals surface area contributed by atoms with Crippen molar-refractivity contribution >= 4 is 29.4 Å². The summed E-state index contributed by atoms with van der Waals surface area (Å²) in [4.78, 5) is 35.2. The molecule has 9 heteroatoms. The fourth-order valence-corrected chi connectivity index (χ4v) is 2.09. The number of ether oxygens (including phenoxy) is 3. The Hall–Kier alpha value is -3.26. The van der Waals surface area contributed by atoms with E-state index in [4.69, 9.17) is 25.8 Å². The molecule has 2 rings (SSSR count). The van der Waals surface area contributed by atoms with E-state index in [-0.39, 0.29) is 12.2 Å². The number of carbonyl (C=O) groups excluding carboxylic acids is 3. The average Bonchev–Trinajstić information content (AvgIpc) is 2.71. The minimum absolute atomic E-state index is 0.275.